The van der Waals surface area contributed by atoms with Crippen molar-refractivity contribution in [2.45, 2.75) is 6.54 Å². The third kappa shape index (κ3) is 3.30. The van der Waals surface area contributed by atoms with Gasteiger partial charge in [-0.25, -0.2) is 0 Å². The Hall–Kier alpha value is -3.53. The van der Waals surface area contributed by atoms with Gasteiger partial charge < -0.3 is 10.2 Å². The van der Waals surface area contributed by atoms with Gasteiger partial charge in [0, 0.05) is 11.1 Å². The smallest absolute Gasteiger partial charge is 0.115 e. The first-order valence-corrected chi connectivity index (χ1v) is 8.39. The van der Waals surface area contributed by atoms with Gasteiger partial charge in [0.15, 0.2) is 0 Å². The van der Waals surface area contributed by atoms with E-state index in [0.29, 0.717) is 6.54 Å². The molecule has 4 heteroatoms. The SMILES string of the molecule is Oc1ccc(-c2cc(-c3ccc(O)cc3)n(Cc3ccccc3)n2)cc1. The van der Waals surface area contributed by atoms with Crippen LogP contribution in [-0.2, 0) is 6.54 Å². The number of phenolic OH excluding ortho intramolecular Hbond substituents is 2. The molecule has 0 aliphatic heterocycles. The molecule has 0 saturated carbocycles. The molecule has 0 radical (unpaired) electrons. The first-order valence-electron chi connectivity index (χ1n) is 8.39. The highest BCUT2D eigenvalue weighted by molar-refractivity contribution is 5.69. The van der Waals surface area contributed by atoms with E-state index in [1.807, 2.05) is 53.2 Å². The lowest BCUT2D eigenvalue weighted by molar-refractivity contribution is 0.475. The zero-order valence-corrected chi connectivity index (χ0v) is 14.1. The molecule has 0 saturated heterocycles. The van der Waals surface area contributed by atoms with Crippen molar-refractivity contribution in [3.63, 3.8) is 0 Å². The highest BCUT2D eigenvalue weighted by atomic mass is 16.3. The van der Waals surface area contributed by atoms with E-state index < -0.39 is 0 Å². The zero-order valence-electron chi connectivity index (χ0n) is 14.1. The molecular weight excluding hydrogens is 324 g/mol. The van der Waals surface area contributed by atoms with Crippen LogP contribution in [0.1, 0.15) is 5.56 Å². The number of hydrogen-bond acceptors (Lipinski definition) is 3. The lowest BCUT2D eigenvalue weighted by Gasteiger charge is -2.08. The van der Waals surface area contributed by atoms with Crippen LogP contribution in [0.15, 0.2) is 84.9 Å². The number of phenols is 2. The summed E-state index contributed by atoms with van der Waals surface area (Å²) in [5.74, 6) is 0.470. The fourth-order valence-corrected chi connectivity index (χ4v) is 2.93. The van der Waals surface area contributed by atoms with Crippen molar-refractivity contribution in [1.82, 2.24) is 9.78 Å². The maximum absolute atomic E-state index is 9.57. The average Bonchev–Trinajstić information content (AvgIpc) is 3.07. The van der Waals surface area contributed by atoms with Crippen molar-refractivity contribution in [2.24, 2.45) is 0 Å². The molecule has 0 atom stereocenters. The molecule has 0 aliphatic carbocycles. The molecule has 4 nitrogen and oxygen atoms in total. The standard InChI is InChI=1S/C22H18N2O2/c25-19-10-6-17(7-11-19)21-14-22(18-8-12-20(26)13-9-18)24(23-21)15-16-4-2-1-3-5-16/h1-14,25-26H,15H2. The van der Waals surface area contributed by atoms with Crippen molar-refractivity contribution in [3.05, 3.63) is 90.5 Å². The van der Waals surface area contributed by atoms with Crippen LogP contribution >= 0.6 is 0 Å². The summed E-state index contributed by atoms with van der Waals surface area (Å²) in [6.45, 7) is 0.648. The van der Waals surface area contributed by atoms with E-state index in [9.17, 15) is 10.2 Å². The van der Waals surface area contributed by atoms with E-state index in [1.165, 1.54) is 0 Å². The lowest BCUT2D eigenvalue weighted by atomic mass is 10.1. The fraction of sp³-hybridized carbons (Fsp3) is 0.0455. The van der Waals surface area contributed by atoms with Crippen molar-refractivity contribution < 1.29 is 10.2 Å². The van der Waals surface area contributed by atoms with Crippen LogP contribution in [0.5, 0.6) is 11.5 Å². The fourth-order valence-electron chi connectivity index (χ4n) is 2.93. The monoisotopic (exact) mass is 342 g/mol. The Morgan fingerprint density at radius 3 is 1.88 bits per heavy atom. The van der Waals surface area contributed by atoms with E-state index in [-0.39, 0.29) is 11.5 Å². The molecule has 3 aromatic carbocycles. The van der Waals surface area contributed by atoms with Crippen LogP contribution in [0, 0.1) is 0 Å². The van der Waals surface area contributed by atoms with Gasteiger partial charge in [0.05, 0.1) is 17.9 Å². The van der Waals surface area contributed by atoms with Crippen molar-refractivity contribution >= 4 is 0 Å². The number of hydrogen-bond donors (Lipinski definition) is 2. The van der Waals surface area contributed by atoms with E-state index in [2.05, 4.69) is 12.1 Å². The van der Waals surface area contributed by atoms with Crippen molar-refractivity contribution in [1.29, 1.82) is 0 Å². The van der Waals surface area contributed by atoms with Crippen LogP contribution in [-0.4, -0.2) is 20.0 Å². The summed E-state index contributed by atoms with van der Waals surface area (Å²) in [5.41, 5.74) is 4.89. The molecule has 0 amide bonds. The Labute approximate surface area is 151 Å². The van der Waals surface area contributed by atoms with E-state index in [4.69, 9.17) is 5.10 Å². The summed E-state index contributed by atoms with van der Waals surface area (Å²) in [6, 6.07) is 26.3. The van der Waals surface area contributed by atoms with Gasteiger partial charge in [-0.3, -0.25) is 4.68 Å². The van der Waals surface area contributed by atoms with Gasteiger partial charge in [0.1, 0.15) is 11.5 Å². The largest absolute Gasteiger partial charge is 0.508 e. The highest BCUT2D eigenvalue weighted by Crippen LogP contribution is 2.28. The molecule has 0 bridgehead atoms. The summed E-state index contributed by atoms with van der Waals surface area (Å²) in [4.78, 5) is 0. The summed E-state index contributed by atoms with van der Waals surface area (Å²) in [6.07, 6.45) is 0. The lowest BCUT2D eigenvalue weighted by Crippen LogP contribution is -2.03. The second kappa shape index (κ2) is 6.76. The second-order valence-electron chi connectivity index (χ2n) is 6.15. The van der Waals surface area contributed by atoms with Crippen LogP contribution in [0.3, 0.4) is 0 Å². The van der Waals surface area contributed by atoms with Crippen molar-refractivity contribution in [3.8, 4) is 34.0 Å². The molecule has 0 spiro atoms. The van der Waals surface area contributed by atoms with Gasteiger partial charge in [0.25, 0.3) is 0 Å². The molecule has 1 heterocycles. The predicted octanol–water partition coefficient (Wildman–Crippen LogP) is 4.68. The molecule has 1 aromatic heterocycles. The van der Waals surface area contributed by atoms with E-state index >= 15 is 0 Å². The molecule has 4 aromatic rings. The normalized spacial score (nSPS) is 10.8. The second-order valence-corrected chi connectivity index (χ2v) is 6.15. The molecule has 0 aliphatic rings. The molecule has 0 unspecified atom stereocenters. The minimum absolute atomic E-state index is 0.233. The first kappa shape index (κ1) is 16.0. The molecule has 26 heavy (non-hydrogen) atoms. The molecular formula is C22H18N2O2. The number of aromatic hydroxyl groups is 2. The number of benzene rings is 3. The quantitative estimate of drug-likeness (QED) is 0.566. The van der Waals surface area contributed by atoms with E-state index in [0.717, 1.165) is 28.1 Å². The zero-order chi connectivity index (χ0) is 17.9. The van der Waals surface area contributed by atoms with Crippen LogP contribution in [0.4, 0.5) is 0 Å². The van der Waals surface area contributed by atoms with Gasteiger partial charge in [-0.05, 0) is 60.2 Å². The maximum Gasteiger partial charge on any atom is 0.115 e. The first-order chi connectivity index (χ1) is 12.7. The Balaban J connectivity index is 1.79. The third-order valence-corrected chi connectivity index (χ3v) is 4.28. The van der Waals surface area contributed by atoms with Gasteiger partial charge >= 0.3 is 0 Å². The maximum atomic E-state index is 9.57. The topological polar surface area (TPSA) is 58.3 Å². The Bertz CT molecular complexity index is 1000. The van der Waals surface area contributed by atoms with Crippen LogP contribution < -0.4 is 0 Å². The third-order valence-electron chi connectivity index (χ3n) is 4.28. The van der Waals surface area contributed by atoms with Gasteiger partial charge in [-0.1, -0.05) is 30.3 Å². The number of rotatable bonds is 4. The Morgan fingerprint density at radius 1 is 0.692 bits per heavy atom. The number of nitrogens with zero attached hydrogens (tertiary/aromatic N) is 2. The van der Waals surface area contributed by atoms with Gasteiger partial charge in [-0.15, -0.1) is 0 Å². The van der Waals surface area contributed by atoms with Crippen LogP contribution in [0.25, 0.3) is 22.5 Å². The minimum Gasteiger partial charge on any atom is -0.508 e. The summed E-state index contributed by atoms with van der Waals surface area (Å²) in [5, 5.41) is 23.9. The van der Waals surface area contributed by atoms with E-state index in [1.54, 1.807) is 24.3 Å². The molecule has 0 fully saturated rings. The van der Waals surface area contributed by atoms with Crippen LogP contribution in [0.2, 0.25) is 0 Å². The molecule has 4 rings (SSSR count). The van der Waals surface area contributed by atoms with Gasteiger partial charge in [-0.2, -0.15) is 5.10 Å². The van der Waals surface area contributed by atoms with Gasteiger partial charge in [0.2, 0.25) is 0 Å². The predicted molar refractivity (Wildman–Crippen MR) is 102 cm³/mol. The Kier molecular flexibility index (Phi) is 4.15. The molecule has 2 N–H and O–H groups in total. The highest BCUT2D eigenvalue weighted by Gasteiger charge is 2.12. The summed E-state index contributed by atoms with van der Waals surface area (Å²) >= 11 is 0. The summed E-state index contributed by atoms with van der Waals surface area (Å²) < 4.78 is 1.96. The number of aromatic nitrogens is 2. The average molecular weight is 342 g/mol. The summed E-state index contributed by atoms with van der Waals surface area (Å²) in [7, 11) is 0. The Morgan fingerprint density at radius 2 is 1.27 bits per heavy atom. The van der Waals surface area contributed by atoms with Crippen molar-refractivity contribution in [2.75, 3.05) is 0 Å². The minimum atomic E-state index is 0.233. The molecule has 128 valence electrons.